The van der Waals surface area contributed by atoms with E-state index < -0.39 is 81.2 Å². The Morgan fingerprint density at radius 1 is 0.926 bits per heavy atom. The van der Waals surface area contributed by atoms with Crippen molar-refractivity contribution in [3.8, 4) is 0 Å². The number of carboxylic acid groups (broad SMARTS) is 1. The number of aromatic amines is 1. The number of aliphatic hydroxyl groups is 6. The molecular formula is C53H84N4O11. The molecule has 19 atom stereocenters. The molecule has 8 aliphatic rings. The van der Waals surface area contributed by atoms with E-state index in [0.717, 1.165) is 63.7 Å². The van der Waals surface area contributed by atoms with Gasteiger partial charge in [-0.2, -0.15) is 0 Å². The first-order valence-electron chi connectivity index (χ1n) is 26.4. The third kappa shape index (κ3) is 7.37. The summed E-state index contributed by atoms with van der Waals surface area (Å²) in [5.74, 6) is -1.84. The van der Waals surface area contributed by atoms with Gasteiger partial charge in [-0.1, -0.05) is 72.5 Å². The average Bonchev–Trinajstić information content (AvgIpc) is 4.01. The van der Waals surface area contributed by atoms with E-state index >= 15 is 0 Å². The van der Waals surface area contributed by atoms with Gasteiger partial charge in [0.05, 0.1) is 37.2 Å². The molecule has 7 fully saturated rings. The van der Waals surface area contributed by atoms with Gasteiger partial charge in [-0.15, -0.1) is 0 Å². The molecule has 3 aliphatic heterocycles. The predicted octanol–water partition coefficient (Wildman–Crippen LogP) is 4.58. The molecule has 0 radical (unpaired) electrons. The lowest BCUT2D eigenvalue weighted by Gasteiger charge is -2.74. The maximum atomic E-state index is 13.9. The van der Waals surface area contributed by atoms with Crippen LogP contribution >= 0.6 is 0 Å². The Balaban J connectivity index is 1.19. The molecule has 19 unspecified atom stereocenters. The quantitative estimate of drug-likeness (QED) is 0.0740. The number of nitrogens with zero attached hydrogens (tertiary/aromatic N) is 1. The molecule has 382 valence electrons. The van der Waals surface area contributed by atoms with Crippen LogP contribution in [0.4, 0.5) is 0 Å². The smallest absolute Gasteiger partial charge is 0.310 e. The number of amides is 1. The molecule has 4 saturated carbocycles. The number of nitrogens with one attached hydrogen (secondary N) is 3. The number of hydrogen-bond donors (Lipinski definition) is 10. The van der Waals surface area contributed by atoms with Crippen LogP contribution < -0.4 is 10.6 Å². The lowest BCUT2D eigenvalue weighted by molar-refractivity contribution is -0.341. The number of hydrogen-bond acceptors (Lipinski definition) is 12. The number of unbranched alkanes of at least 4 members (excludes halogenated alkanes) is 2. The summed E-state index contributed by atoms with van der Waals surface area (Å²) in [7, 11) is 0. The number of carbonyl (C=O) groups is 2. The van der Waals surface area contributed by atoms with Crippen LogP contribution in [0.15, 0.2) is 24.2 Å². The summed E-state index contributed by atoms with van der Waals surface area (Å²) in [4.78, 5) is 35.7. The first-order valence-corrected chi connectivity index (χ1v) is 26.4. The largest absolute Gasteiger partial charge is 0.481 e. The second-order valence-electron chi connectivity index (χ2n) is 24.8. The number of carbonyl (C=O) groups excluding carboxylic acids is 1. The number of ether oxygens (including phenoxy) is 2. The summed E-state index contributed by atoms with van der Waals surface area (Å²) in [6.45, 7) is 14.5. The molecule has 9 rings (SSSR count). The molecule has 1 amide bonds. The number of aliphatic carboxylic acids is 1. The number of allylic oxidation sites excluding steroid dienone is 2. The number of imidazole rings is 1. The number of aliphatic hydroxyl groups excluding tert-OH is 6. The summed E-state index contributed by atoms with van der Waals surface area (Å²) in [6.07, 6.45) is 8.74. The fourth-order valence-corrected chi connectivity index (χ4v) is 17.9. The van der Waals surface area contributed by atoms with Crippen molar-refractivity contribution >= 4 is 11.9 Å². The van der Waals surface area contributed by atoms with Gasteiger partial charge < -0.3 is 60.8 Å². The van der Waals surface area contributed by atoms with Crippen molar-refractivity contribution in [3.63, 3.8) is 0 Å². The van der Waals surface area contributed by atoms with Gasteiger partial charge in [0.15, 0.2) is 6.29 Å². The molecule has 4 heterocycles. The van der Waals surface area contributed by atoms with E-state index in [1.807, 2.05) is 13.1 Å². The highest BCUT2D eigenvalue weighted by Crippen LogP contribution is 2.78. The van der Waals surface area contributed by atoms with Gasteiger partial charge in [-0.25, -0.2) is 4.98 Å². The molecule has 1 aromatic heterocycles. The minimum absolute atomic E-state index is 0.00543. The van der Waals surface area contributed by atoms with E-state index in [1.165, 1.54) is 5.57 Å². The normalized spacial score (nSPS) is 48.9. The summed E-state index contributed by atoms with van der Waals surface area (Å²) < 4.78 is 12.6. The van der Waals surface area contributed by atoms with Crippen molar-refractivity contribution in [1.29, 1.82) is 0 Å². The zero-order chi connectivity index (χ0) is 48.8. The Morgan fingerprint density at radius 2 is 1.68 bits per heavy atom. The number of rotatable bonds is 13. The van der Waals surface area contributed by atoms with Crippen LogP contribution in [0.3, 0.4) is 0 Å². The Bertz CT molecular complexity index is 2030. The van der Waals surface area contributed by atoms with Crippen molar-refractivity contribution in [3.05, 3.63) is 29.9 Å². The van der Waals surface area contributed by atoms with E-state index in [4.69, 9.17) is 9.47 Å². The predicted molar refractivity (Wildman–Crippen MR) is 252 cm³/mol. The Labute approximate surface area is 403 Å². The average molecular weight is 953 g/mol. The lowest BCUT2D eigenvalue weighted by Crippen LogP contribution is -2.73. The van der Waals surface area contributed by atoms with Crippen molar-refractivity contribution in [2.75, 3.05) is 32.9 Å². The minimum Gasteiger partial charge on any atom is -0.481 e. The topological polar surface area (TPSA) is 247 Å². The molecule has 1 aromatic rings. The van der Waals surface area contributed by atoms with Gasteiger partial charge in [-0.3, -0.25) is 9.59 Å². The summed E-state index contributed by atoms with van der Waals surface area (Å²) in [5, 5.41) is 86.9. The van der Waals surface area contributed by atoms with Crippen LogP contribution in [-0.2, 0) is 24.5 Å². The monoisotopic (exact) mass is 953 g/mol. The molecule has 5 aliphatic carbocycles. The molecule has 3 saturated heterocycles. The minimum atomic E-state index is -1.60. The zero-order valence-electron chi connectivity index (χ0n) is 41.6. The Kier molecular flexibility index (Phi) is 13.5. The van der Waals surface area contributed by atoms with Crippen LogP contribution in [0.25, 0.3) is 0 Å². The molecule has 0 bridgehead atoms. The highest BCUT2D eigenvalue weighted by Gasteiger charge is 2.75. The van der Waals surface area contributed by atoms with Crippen molar-refractivity contribution in [2.45, 2.75) is 186 Å². The Hall–Kier alpha value is -2.47. The van der Waals surface area contributed by atoms with E-state index in [9.17, 15) is 45.3 Å². The third-order valence-corrected chi connectivity index (χ3v) is 21.8. The van der Waals surface area contributed by atoms with E-state index in [1.54, 1.807) is 6.33 Å². The first kappa shape index (κ1) is 50.5. The summed E-state index contributed by atoms with van der Waals surface area (Å²) >= 11 is 0. The highest BCUT2D eigenvalue weighted by atomic mass is 16.7. The van der Waals surface area contributed by atoms with Gasteiger partial charge in [-0.05, 0) is 141 Å². The Morgan fingerprint density at radius 3 is 2.34 bits per heavy atom. The lowest BCUT2D eigenvalue weighted by atomic mass is 9.30. The van der Waals surface area contributed by atoms with Crippen LogP contribution in [0.2, 0.25) is 0 Å². The number of fused-ring (bicyclic) bond motifs is 7. The molecule has 15 heteroatoms. The fraction of sp³-hybridized carbons (Fsp3) is 0.868. The van der Waals surface area contributed by atoms with Gasteiger partial charge >= 0.3 is 5.97 Å². The SMILES string of the molecule is CCCCCC1CC2(C(=O)O)CCC(C)(CO)CC2C2=CCC3C4(C)C(CC5CC(=O)NC5C5(c6cnc[nH]6)CCNCC5)C(O)C(OC5OCC(O)C(O)C5O)C(C)(CO)C4CCC3(C)C21C. The fourth-order valence-electron chi connectivity index (χ4n) is 17.9. The second-order valence-corrected chi connectivity index (χ2v) is 24.8. The van der Waals surface area contributed by atoms with Crippen molar-refractivity contribution in [1.82, 2.24) is 20.6 Å². The van der Waals surface area contributed by atoms with Gasteiger partial charge in [0.1, 0.15) is 18.3 Å². The van der Waals surface area contributed by atoms with E-state index in [2.05, 4.69) is 61.3 Å². The molecular weight excluding hydrogens is 869 g/mol. The highest BCUT2D eigenvalue weighted by molar-refractivity contribution is 5.79. The van der Waals surface area contributed by atoms with Crippen LogP contribution in [0.5, 0.6) is 0 Å². The van der Waals surface area contributed by atoms with Gasteiger partial charge in [0.25, 0.3) is 0 Å². The van der Waals surface area contributed by atoms with Crippen LogP contribution in [0, 0.1) is 68.0 Å². The maximum Gasteiger partial charge on any atom is 0.310 e. The molecule has 68 heavy (non-hydrogen) atoms. The standard InChI is InChI=1S/C53H84N4O11/c1-7-8-9-10-31-23-53(46(65)66)16-15-47(2,27-58)24-34(53)32-11-12-37-49(4,51(31,32)6)14-13-36-48(3,28-59)44(68-45-42(64)41(63)35(60)26-67-45)40(62)33(50(36,37)5)21-30-22-39(61)57-43(30)52(17-19-54-20-18-52)38-25-55-29-56-38/h11,25,29-31,33-37,40-45,54,58-60,62-64H,7-10,12-24,26-28H2,1-6H3,(H,55,56)(H,57,61)(H,65,66). The molecule has 15 nitrogen and oxygen atoms in total. The summed E-state index contributed by atoms with van der Waals surface area (Å²) in [5.41, 5.74) is -2.05. The van der Waals surface area contributed by atoms with Crippen LogP contribution in [0.1, 0.15) is 144 Å². The third-order valence-electron chi connectivity index (χ3n) is 21.8. The molecule has 0 spiro atoms. The number of carboxylic acids is 1. The second kappa shape index (κ2) is 18.2. The van der Waals surface area contributed by atoms with E-state index in [0.29, 0.717) is 44.9 Å². The number of piperidine rings is 1. The zero-order valence-corrected chi connectivity index (χ0v) is 41.6. The van der Waals surface area contributed by atoms with E-state index in [-0.39, 0.29) is 73.2 Å². The summed E-state index contributed by atoms with van der Waals surface area (Å²) in [6, 6.07) is -0.264. The van der Waals surface area contributed by atoms with Gasteiger partial charge in [0.2, 0.25) is 5.91 Å². The van der Waals surface area contributed by atoms with Crippen molar-refractivity contribution in [2.24, 2.45) is 68.0 Å². The maximum absolute atomic E-state index is 13.9. The van der Waals surface area contributed by atoms with Crippen LogP contribution in [-0.4, -0.2) is 133 Å². The first-order chi connectivity index (χ1) is 32.2. The molecule has 10 N–H and O–H groups in total. The molecule has 0 aromatic carbocycles. The number of aromatic nitrogens is 2. The van der Waals surface area contributed by atoms with Crippen molar-refractivity contribution < 1.29 is 54.8 Å². The number of H-pyrrole nitrogens is 1. The van der Waals surface area contributed by atoms with Gasteiger partial charge in [0, 0.05) is 41.8 Å².